The molecular formula is C41H62N6O7. The SMILES string of the molecule is CCCC(NC(=O)[C@@H]1[C@H]2C=CC3(CC3)[C@H]2CN1C(=O)[C@@H](NC(=O)N[C@H](CN1C(=O)CC(C)(C)CC1=O)C(C)(C)C)C1CCCCC1)C(=O)C(=O)NC1CC1. The first-order valence-corrected chi connectivity index (χ1v) is 20.5. The van der Waals surface area contributed by atoms with E-state index in [4.69, 9.17) is 0 Å². The number of amides is 7. The number of hydrogen-bond acceptors (Lipinski definition) is 7. The second-order valence-electron chi connectivity index (χ2n) is 19.0. The molecule has 5 fully saturated rings. The van der Waals surface area contributed by atoms with Gasteiger partial charge in [0.25, 0.3) is 5.91 Å². The topological polar surface area (TPSA) is 174 Å². The number of carbonyl (C=O) groups excluding carboxylic acids is 7. The highest BCUT2D eigenvalue weighted by Crippen LogP contribution is 2.62. The fraction of sp³-hybridized carbons (Fsp3) is 0.780. The predicted molar refractivity (Wildman–Crippen MR) is 201 cm³/mol. The van der Waals surface area contributed by atoms with Crippen molar-refractivity contribution in [1.29, 1.82) is 0 Å². The summed E-state index contributed by atoms with van der Waals surface area (Å²) < 4.78 is 0. The molecular weight excluding hydrogens is 688 g/mol. The number of imide groups is 1. The van der Waals surface area contributed by atoms with Crippen LogP contribution in [0.2, 0.25) is 0 Å². The maximum Gasteiger partial charge on any atom is 0.315 e. The van der Waals surface area contributed by atoms with Crippen LogP contribution in [0, 0.1) is 34.0 Å². The van der Waals surface area contributed by atoms with Crippen LogP contribution in [0.1, 0.15) is 125 Å². The fourth-order valence-corrected chi connectivity index (χ4v) is 9.29. The molecule has 6 aliphatic rings. The zero-order valence-corrected chi connectivity index (χ0v) is 33.1. The van der Waals surface area contributed by atoms with Crippen molar-refractivity contribution >= 4 is 41.4 Å². The largest absolute Gasteiger partial charge is 0.347 e. The molecule has 6 rings (SSSR count). The van der Waals surface area contributed by atoms with Gasteiger partial charge >= 0.3 is 6.03 Å². The zero-order chi connectivity index (χ0) is 39.2. The molecule has 2 saturated heterocycles. The quantitative estimate of drug-likeness (QED) is 0.126. The van der Waals surface area contributed by atoms with Crippen LogP contribution in [0.15, 0.2) is 12.2 Å². The fourth-order valence-electron chi connectivity index (χ4n) is 9.29. The Balaban J connectivity index is 1.22. The lowest BCUT2D eigenvalue weighted by molar-refractivity contribution is -0.153. The Morgan fingerprint density at radius 1 is 0.907 bits per heavy atom. The summed E-state index contributed by atoms with van der Waals surface area (Å²) in [4.78, 5) is 98.4. The second kappa shape index (κ2) is 15.4. The number of allylic oxidation sites excluding steroid dienone is 1. The number of likely N-dealkylation sites (tertiary alicyclic amines) is 2. The summed E-state index contributed by atoms with van der Waals surface area (Å²) in [5.41, 5.74) is -1.00. The molecule has 0 aromatic carbocycles. The van der Waals surface area contributed by atoms with Crippen molar-refractivity contribution in [3.05, 3.63) is 12.2 Å². The third-order valence-electron chi connectivity index (χ3n) is 12.9. The average Bonchev–Trinajstić information content (AvgIpc) is 4.01. The second-order valence-corrected chi connectivity index (χ2v) is 19.0. The minimum absolute atomic E-state index is 0.00347. The van der Waals surface area contributed by atoms with Crippen LogP contribution in [0.3, 0.4) is 0 Å². The predicted octanol–water partition coefficient (Wildman–Crippen LogP) is 3.75. The molecule has 13 heteroatoms. The van der Waals surface area contributed by atoms with E-state index >= 15 is 0 Å². The maximum atomic E-state index is 14.9. The van der Waals surface area contributed by atoms with Crippen LogP contribution in [0.4, 0.5) is 4.79 Å². The number of fused-ring (bicyclic) bond motifs is 2. The Kier molecular flexibility index (Phi) is 11.4. The van der Waals surface area contributed by atoms with E-state index in [0.717, 1.165) is 57.8 Å². The summed E-state index contributed by atoms with van der Waals surface area (Å²) in [6.45, 7) is 11.9. The van der Waals surface area contributed by atoms with Crippen LogP contribution in [-0.2, 0) is 28.8 Å². The van der Waals surface area contributed by atoms with Gasteiger partial charge in [-0.25, -0.2) is 4.79 Å². The molecule has 13 nitrogen and oxygen atoms in total. The first-order valence-electron chi connectivity index (χ1n) is 20.5. The molecule has 1 unspecified atom stereocenters. The minimum Gasteiger partial charge on any atom is -0.347 e. The van der Waals surface area contributed by atoms with Gasteiger partial charge in [-0.2, -0.15) is 0 Å². The molecule has 3 saturated carbocycles. The van der Waals surface area contributed by atoms with Gasteiger partial charge in [0.15, 0.2) is 0 Å². The van der Waals surface area contributed by atoms with Crippen molar-refractivity contribution in [2.45, 2.75) is 155 Å². The van der Waals surface area contributed by atoms with Gasteiger partial charge in [0.1, 0.15) is 12.1 Å². The lowest BCUT2D eigenvalue weighted by atomic mass is 9.80. The van der Waals surface area contributed by atoms with Gasteiger partial charge in [-0.15, -0.1) is 0 Å². The van der Waals surface area contributed by atoms with E-state index in [-0.39, 0.29) is 66.3 Å². The van der Waals surface area contributed by atoms with E-state index in [0.29, 0.717) is 19.4 Å². The summed E-state index contributed by atoms with van der Waals surface area (Å²) in [6, 6.07) is -3.96. The van der Waals surface area contributed by atoms with Crippen LogP contribution in [0.5, 0.6) is 0 Å². The number of urea groups is 1. The summed E-state index contributed by atoms with van der Waals surface area (Å²) >= 11 is 0. The maximum absolute atomic E-state index is 14.9. The summed E-state index contributed by atoms with van der Waals surface area (Å²) in [6.07, 6.45) is 13.6. The molecule has 2 aliphatic heterocycles. The normalized spacial score (nSPS) is 27.6. The first kappa shape index (κ1) is 39.9. The van der Waals surface area contributed by atoms with E-state index in [1.165, 1.54) is 4.90 Å². The molecule has 0 aromatic rings. The van der Waals surface area contributed by atoms with Crippen LogP contribution in [-0.4, -0.2) is 94.4 Å². The van der Waals surface area contributed by atoms with Gasteiger partial charge in [0.2, 0.25) is 29.4 Å². The van der Waals surface area contributed by atoms with E-state index in [9.17, 15) is 33.6 Å². The molecule has 54 heavy (non-hydrogen) atoms. The number of ketones is 1. The Hall–Kier alpha value is -3.77. The first-order chi connectivity index (χ1) is 25.4. The molecule has 6 atom stereocenters. The average molecular weight is 751 g/mol. The number of carbonyl (C=O) groups is 7. The third kappa shape index (κ3) is 8.70. The molecule has 4 N–H and O–H groups in total. The summed E-state index contributed by atoms with van der Waals surface area (Å²) in [7, 11) is 0. The smallest absolute Gasteiger partial charge is 0.315 e. The Bertz CT molecular complexity index is 1530. The van der Waals surface area contributed by atoms with Crippen LogP contribution >= 0.6 is 0 Å². The molecule has 1 spiro atoms. The molecule has 4 aliphatic carbocycles. The Morgan fingerprint density at radius 3 is 2.13 bits per heavy atom. The lowest BCUT2D eigenvalue weighted by Crippen LogP contribution is -2.62. The number of piperidine rings is 1. The molecule has 0 bridgehead atoms. The minimum atomic E-state index is -1.00. The van der Waals surface area contributed by atoms with Gasteiger partial charge in [-0.05, 0) is 73.0 Å². The van der Waals surface area contributed by atoms with E-state index < -0.39 is 58.6 Å². The number of Topliss-reactive ketones (excluding diaryl/α,β-unsaturated/α-hetero) is 1. The number of rotatable bonds is 13. The molecule has 2 heterocycles. The van der Waals surface area contributed by atoms with Crippen molar-refractivity contribution in [3.63, 3.8) is 0 Å². The molecule has 7 amide bonds. The Morgan fingerprint density at radius 2 is 1.56 bits per heavy atom. The summed E-state index contributed by atoms with van der Waals surface area (Å²) in [5, 5.41) is 11.7. The van der Waals surface area contributed by atoms with Crippen molar-refractivity contribution in [3.8, 4) is 0 Å². The van der Waals surface area contributed by atoms with Crippen molar-refractivity contribution in [2.24, 2.45) is 34.0 Å². The van der Waals surface area contributed by atoms with Crippen molar-refractivity contribution in [2.75, 3.05) is 13.1 Å². The Labute approximate surface area is 319 Å². The van der Waals surface area contributed by atoms with Gasteiger partial charge < -0.3 is 26.2 Å². The van der Waals surface area contributed by atoms with Gasteiger partial charge in [0, 0.05) is 37.9 Å². The highest BCUT2D eigenvalue weighted by Gasteiger charge is 2.61. The van der Waals surface area contributed by atoms with Gasteiger partial charge in [0.05, 0.1) is 12.1 Å². The van der Waals surface area contributed by atoms with Crippen molar-refractivity contribution < 1.29 is 33.6 Å². The third-order valence-corrected chi connectivity index (χ3v) is 12.9. The monoisotopic (exact) mass is 750 g/mol. The van der Waals surface area contributed by atoms with Crippen LogP contribution in [0.25, 0.3) is 0 Å². The van der Waals surface area contributed by atoms with E-state index in [1.807, 2.05) is 41.5 Å². The highest BCUT2D eigenvalue weighted by atomic mass is 16.2. The standard InChI is InChI=1S/C41H62N6O7/c1-7-11-28(34(50)36(52)42-25-14-15-25)43-35(51)33-26-16-17-41(18-19-41)27(26)22-47(33)37(53)32(24-12-9-8-10-13-24)45-38(54)44-29(39(2,3)4)23-46-30(48)20-40(5,6)21-31(46)49/h16-17,24-29,32-33H,7-15,18-23H2,1-6H3,(H,42,52)(H,43,51)(H2,44,45,54)/t26-,27-,28?,29+,32-,33-/m0/s1. The molecule has 0 radical (unpaired) electrons. The summed E-state index contributed by atoms with van der Waals surface area (Å²) in [5.74, 6) is -3.01. The number of hydrogen-bond donors (Lipinski definition) is 4. The lowest BCUT2D eigenvalue weighted by Gasteiger charge is -2.40. The van der Waals surface area contributed by atoms with E-state index in [1.54, 1.807) is 4.90 Å². The number of nitrogens with zero attached hydrogens (tertiary/aromatic N) is 2. The zero-order valence-electron chi connectivity index (χ0n) is 33.1. The van der Waals surface area contributed by atoms with Gasteiger partial charge in [-0.1, -0.05) is 79.4 Å². The van der Waals surface area contributed by atoms with Gasteiger partial charge in [-0.3, -0.25) is 33.7 Å². The van der Waals surface area contributed by atoms with Crippen LogP contribution < -0.4 is 21.3 Å². The highest BCUT2D eigenvalue weighted by molar-refractivity contribution is 6.38. The number of nitrogens with one attached hydrogen (secondary N) is 4. The van der Waals surface area contributed by atoms with Crippen molar-refractivity contribution in [1.82, 2.24) is 31.1 Å². The molecule has 0 aromatic heterocycles. The van der Waals surface area contributed by atoms with E-state index in [2.05, 4.69) is 33.4 Å². The molecule has 298 valence electrons.